The zero-order chi connectivity index (χ0) is 24.1. The molecule has 1 atom stereocenters. The lowest BCUT2D eigenvalue weighted by Crippen LogP contribution is -2.45. The second kappa shape index (κ2) is 10.1. The molecule has 1 N–H and O–H groups in total. The van der Waals surface area contributed by atoms with E-state index < -0.39 is 33.9 Å². The topological polar surface area (TPSA) is 128 Å². The first-order chi connectivity index (χ1) is 15.0. The molecule has 0 radical (unpaired) electrons. The van der Waals surface area contributed by atoms with Gasteiger partial charge < -0.3 is 19.5 Å². The average molecular weight is 464 g/mol. The van der Waals surface area contributed by atoms with Crippen LogP contribution in [0, 0.1) is 0 Å². The Balaban J connectivity index is 2.44. The number of amides is 1. The fraction of sp³-hybridized carbons (Fsp3) is 0.286. The minimum atomic E-state index is -3.86. The fourth-order valence-electron chi connectivity index (χ4n) is 2.96. The van der Waals surface area contributed by atoms with Crippen LogP contribution in [0.3, 0.4) is 0 Å². The van der Waals surface area contributed by atoms with Crippen molar-refractivity contribution in [1.29, 1.82) is 0 Å². The van der Waals surface area contributed by atoms with Crippen molar-refractivity contribution in [2.24, 2.45) is 0 Å². The van der Waals surface area contributed by atoms with Gasteiger partial charge in [-0.15, -0.1) is 0 Å². The van der Waals surface area contributed by atoms with Crippen molar-refractivity contribution in [3.05, 3.63) is 53.6 Å². The SMILES string of the molecule is COC(=O)c1ccc(C(=O)OC)c(NC(=O)[C@@H](C)N(c2ccc(OC)cc2)S(C)(=O)=O)c1. The molecule has 2 rings (SSSR count). The quantitative estimate of drug-likeness (QED) is 0.588. The molecule has 0 heterocycles. The Kier molecular flexibility index (Phi) is 7.82. The van der Waals surface area contributed by atoms with Gasteiger partial charge in [0.15, 0.2) is 0 Å². The van der Waals surface area contributed by atoms with Crippen molar-refractivity contribution >= 4 is 39.2 Å². The van der Waals surface area contributed by atoms with Crippen LogP contribution in [0.15, 0.2) is 42.5 Å². The molecule has 0 fully saturated rings. The van der Waals surface area contributed by atoms with E-state index in [1.165, 1.54) is 58.6 Å². The molecular weight excluding hydrogens is 440 g/mol. The summed E-state index contributed by atoms with van der Waals surface area (Å²) in [7, 11) is -0.0351. The molecule has 2 aromatic carbocycles. The highest BCUT2D eigenvalue weighted by atomic mass is 32.2. The van der Waals surface area contributed by atoms with E-state index in [-0.39, 0.29) is 22.5 Å². The number of ether oxygens (including phenoxy) is 3. The number of carbonyl (C=O) groups excluding carboxylic acids is 3. The largest absolute Gasteiger partial charge is 0.497 e. The molecule has 0 aliphatic carbocycles. The minimum absolute atomic E-state index is 0.0175. The Labute approximate surface area is 186 Å². The molecule has 0 bridgehead atoms. The van der Waals surface area contributed by atoms with Crippen molar-refractivity contribution in [2.75, 3.05) is 37.2 Å². The number of hydrogen-bond acceptors (Lipinski definition) is 8. The maximum absolute atomic E-state index is 13.0. The lowest BCUT2D eigenvalue weighted by Gasteiger charge is -2.28. The van der Waals surface area contributed by atoms with E-state index in [0.717, 1.165) is 10.6 Å². The number of benzene rings is 2. The number of anilines is 2. The van der Waals surface area contributed by atoms with Crippen LogP contribution in [0.25, 0.3) is 0 Å². The zero-order valence-corrected chi connectivity index (χ0v) is 19.1. The second-order valence-electron chi connectivity index (χ2n) is 6.67. The lowest BCUT2D eigenvalue weighted by molar-refractivity contribution is -0.116. The molecule has 172 valence electrons. The number of nitrogens with zero attached hydrogens (tertiary/aromatic N) is 1. The van der Waals surface area contributed by atoms with Gasteiger partial charge in [-0.25, -0.2) is 18.0 Å². The number of nitrogens with one attached hydrogen (secondary N) is 1. The highest BCUT2D eigenvalue weighted by Crippen LogP contribution is 2.25. The third-order valence-corrected chi connectivity index (χ3v) is 5.76. The lowest BCUT2D eigenvalue weighted by atomic mass is 10.1. The van der Waals surface area contributed by atoms with E-state index in [1.54, 1.807) is 12.1 Å². The van der Waals surface area contributed by atoms with Crippen molar-refractivity contribution in [3.63, 3.8) is 0 Å². The second-order valence-corrected chi connectivity index (χ2v) is 8.53. The summed E-state index contributed by atoms with van der Waals surface area (Å²) in [6.45, 7) is 1.39. The summed E-state index contributed by atoms with van der Waals surface area (Å²) in [6.07, 6.45) is 0.971. The minimum Gasteiger partial charge on any atom is -0.497 e. The normalized spacial score (nSPS) is 11.8. The Morgan fingerprint density at radius 3 is 2.03 bits per heavy atom. The predicted octanol–water partition coefficient (Wildman–Crippen LogP) is 2.06. The van der Waals surface area contributed by atoms with Crippen molar-refractivity contribution in [3.8, 4) is 5.75 Å². The van der Waals surface area contributed by atoms with Crippen LogP contribution >= 0.6 is 0 Å². The maximum atomic E-state index is 13.0. The third-order valence-electron chi connectivity index (χ3n) is 4.52. The van der Waals surface area contributed by atoms with Crippen LogP contribution < -0.4 is 14.4 Å². The molecule has 10 nitrogen and oxygen atoms in total. The van der Waals surface area contributed by atoms with E-state index in [0.29, 0.717) is 5.75 Å². The molecule has 11 heteroatoms. The highest BCUT2D eigenvalue weighted by Gasteiger charge is 2.30. The van der Waals surface area contributed by atoms with Gasteiger partial charge in [0.2, 0.25) is 15.9 Å². The van der Waals surface area contributed by atoms with Gasteiger partial charge >= 0.3 is 11.9 Å². The number of rotatable bonds is 8. The Bertz CT molecular complexity index is 1110. The van der Waals surface area contributed by atoms with Crippen molar-refractivity contribution in [1.82, 2.24) is 0 Å². The molecule has 0 saturated heterocycles. The van der Waals surface area contributed by atoms with Gasteiger partial charge in [-0.2, -0.15) is 0 Å². The van der Waals surface area contributed by atoms with Crippen LogP contribution in [-0.4, -0.2) is 59.9 Å². The molecular formula is C21H24N2O8S. The zero-order valence-electron chi connectivity index (χ0n) is 18.2. The van der Waals surface area contributed by atoms with Gasteiger partial charge in [0.25, 0.3) is 0 Å². The molecule has 0 saturated carbocycles. The molecule has 32 heavy (non-hydrogen) atoms. The van der Waals surface area contributed by atoms with E-state index in [2.05, 4.69) is 10.1 Å². The summed E-state index contributed by atoms with van der Waals surface area (Å²) in [5.41, 5.74) is 0.279. The first-order valence-corrected chi connectivity index (χ1v) is 11.1. The molecule has 0 aromatic heterocycles. The molecule has 0 spiro atoms. The smallest absolute Gasteiger partial charge is 0.339 e. The van der Waals surface area contributed by atoms with Crippen molar-refractivity contribution in [2.45, 2.75) is 13.0 Å². The maximum Gasteiger partial charge on any atom is 0.339 e. The van der Waals surface area contributed by atoms with Gasteiger partial charge in [-0.1, -0.05) is 0 Å². The molecule has 0 unspecified atom stereocenters. The van der Waals surface area contributed by atoms with Crippen LogP contribution in [-0.2, 0) is 24.3 Å². The van der Waals surface area contributed by atoms with Gasteiger partial charge in [0, 0.05) is 0 Å². The van der Waals surface area contributed by atoms with Crippen LogP contribution in [0.2, 0.25) is 0 Å². The summed E-state index contributed by atoms with van der Waals surface area (Å²) >= 11 is 0. The van der Waals surface area contributed by atoms with Gasteiger partial charge in [-0.05, 0) is 49.4 Å². The number of sulfonamides is 1. The number of hydrogen-bond donors (Lipinski definition) is 1. The Morgan fingerprint density at radius 1 is 0.938 bits per heavy atom. The molecule has 2 aromatic rings. The first-order valence-electron chi connectivity index (χ1n) is 9.28. The van der Waals surface area contributed by atoms with Crippen molar-refractivity contribution < 1.29 is 37.0 Å². The van der Waals surface area contributed by atoms with Crippen LogP contribution in [0.5, 0.6) is 5.75 Å². The standard InChI is InChI=1S/C21H24N2O8S/c1-13(23(32(5,27)28)15-7-9-16(29-2)10-8-15)19(24)22-18-12-14(20(25)30-3)6-11-17(18)21(26)31-4/h6-13H,1-5H3,(H,22,24)/t13-/m1/s1. The predicted molar refractivity (Wildman–Crippen MR) is 118 cm³/mol. The molecule has 1 amide bonds. The fourth-order valence-corrected chi connectivity index (χ4v) is 4.13. The summed E-state index contributed by atoms with van der Waals surface area (Å²) in [6, 6.07) is 8.82. The van der Waals surface area contributed by atoms with E-state index in [4.69, 9.17) is 9.47 Å². The third kappa shape index (κ3) is 5.55. The summed E-state index contributed by atoms with van der Waals surface area (Å²) < 4.78 is 40.3. The van der Waals surface area contributed by atoms with E-state index >= 15 is 0 Å². The van der Waals surface area contributed by atoms with Gasteiger partial charge in [0.05, 0.1) is 50.1 Å². The van der Waals surface area contributed by atoms with E-state index in [9.17, 15) is 22.8 Å². The summed E-state index contributed by atoms with van der Waals surface area (Å²) in [4.78, 5) is 37.0. The van der Waals surface area contributed by atoms with Gasteiger partial charge in [-0.3, -0.25) is 9.10 Å². The number of methoxy groups -OCH3 is 3. The van der Waals surface area contributed by atoms with Crippen LogP contribution in [0.1, 0.15) is 27.6 Å². The molecule has 0 aliphatic heterocycles. The average Bonchev–Trinajstić information content (AvgIpc) is 2.77. The number of esters is 2. The first kappa shape index (κ1) is 24.7. The van der Waals surface area contributed by atoms with Gasteiger partial charge in [0.1, 0.15) is 11.8 Å². The Morgan fingerprint density at radius 2 is 1.53 bits per heavy atom. The number of carbonyl (C=O) groups is 3. The van der Waals surface area contributed by atoms with E-state index in [1.807, 2.05) is 0 Å². The Hall–Kier alpha value is -3.60. The van der Waals surface area contributed by atoms with Crippen LogP contribution in [0.4, 0.5) is 11.4 Å². The summed E-state index contributed by atoms with van der Waals surface area (Å²) in [5.74, 6) is -1.65. The summed E-state index contributed by atoms with van der Waals surface area (Å²) in [5, 5.41) is 2.51. The highest BCUT2D eigenvalue weighted by molar-refractivity contribution is 7.92. The monoisotopic (exact) mass is 464 g/mol. The molecule has 0 aliphatic rings.